The highest BCUT2D eigenvalue weighted by Gasteiger charge is 2.61. The van der Waals surface area contributed by atoms with Crippen molar-refractivity contribution >= 4 is 35.1 Å². The Kier molecular flexibility index (Phi) is 4.61. The maximum absolute atomic E-state index is 13.3. The van der Waals surface area contributed by atoms with E-state index in [1.54, 1.807) is 49.5 Å². The fourth-order valence-electron chi connectivity index (χ4n) is 3.80. The van der Waals surface area contributed by atoms with E-state index in [1.807, 2.05) is 26.0 Å². The molecule has 29 heavy (non-hydrogen) atoms. The number of carbonyl (C=O) groups is 2. The summed E-state index contributed by atoms with van der Waals surface area (Å²) in [6, 6.07) is 12.2. The van der Waals surface area contributed by atoms with Gasteiger partial charge in [0.05, 0.1) is 14.2 Å². The summed E-state index contributed by atoms with van der Waals surface area (Å²) < 4.78 is 10.2. The van der Waals surface area contributed by atoms with Crippen molar-refractivity contribution in [1.29, 1.82) is 0 Å². The summed E-state index contributed by atoms with van der Waals surface area (Å²) in [4.78, 5) is 26.9. The van der Waals surface area contributed by atoms with Gasteiger partial charge < -0.3 is 20.1 Å². The molecule has 0 bridgehead atoms. The number of anilines is 2. The highest BCUT2D eigenvalue weighted by Crippen LogP contribution is 2.58. The van der Waals surface area contributed by atoms with Crippen LogP contribution < -0.4 is 20.1 Å². The van der Waals surface area contributed by atoms with E-state index in [0.29, 0.717) is 29.4 Å². The third-order valence-corrected chi connectivity index (χ3v) is 6.68. The average molecular weight is 413 g/mol. The van der Waals surface area contributed by atoms with Crippen LogP contribution >= 0.6 is 11.8 Å². The van der Waals surface area contributed by atoms with Crippen molar-refractivity contribution in [2.75, 3.05) is 31.4 Å². The summed E-state index contributed by atoms with van der Waals surface area (Å²) in [7, 11) is 3.17. The molecule has 0 unspecified atom stereocenters. The Balaban J connectivity index is 1.72. The van der Waals surface area contributed by atoms with Gasteiger partial charge in [0.25, 0.3) is 5.91 Å². The zero-order valence-corrected chi connectivity index (χ0v) is 17.6. The lowest BCUT2D eigenvalue weighted by molar-refractivity contribution is -0.121. The minimum atomic E-state index is -1.15. The molecule has 2 aromatic rings. The average Bonchev–Trinajstić information content (AvgIpc) is 3.15. The molecule has 2 N–H and O–H groups in total. The molecule has 0 radical (unpaired) electrons. The van der Waals surface area contributed by atoms with Gasteiger partial charge in [-0.25, -0.2) is 4.79 Å². The quantitative estimate of drug-likeness (QED) is 0.799. The molecule has 0 saturated carbocycles. The van der Waals surface area contributed by atoms with Gasteiger partial charge >= 0.3 is 6.03 Å². The Morgan fingerprint density at radius 3 is 2.41 bits per heavy atom. The van der Waals surface area contributed by atoms with Crippen LogP contribution in [-0.2, 0) is 9.67 Å². The second kappa shape index (κ2) is 6.88. The highest BCUT2D eigenvalue weighted by molar-refractivity contribution is 8.02. The molecule has 0 aliphatic carbocycles. The summed E-state index contributed by atoms with van der Waals surface area (Å²) in [5, 5.41) is 5.84. The van der Waals surface area contributed by atoms with Crippen molar-refractivity contribution in [3.05, 3.63) is 48.0 Å². The smallest absolute Gasteiger partial charge is 0.323 e. The van der Waals surface area contributed by atoms with Crippen LogP contribution in [0.5, 0.6) is 11.5 Å². The molecule has 1 spiro atoms. The molecule has 1 atom stereocenters. The molecular formula is C21H23N3O4S. The van der Waals surface area contributed by atoms with E-state index in [9.17, 15) is 9.59 Å². The molecule has 7 nitrogen and oxygen atoms in total. The number of nitrogens with one attached hydrogen (secondary N) is 2. The lowest BCUT2D eigenvalue weighted by atomic mass is 10.0. The Morgan fingerprint density at radius 1 is 1.10 bits per heavy atom. The van der Waals surface area contributed by atoms with Crippen molar-refractivity contribution < 1.29 is 19.1 Å². The molecule has 2 aliphatic heterocycles. The third kappa shape index (κ3) is 3.17. The number of hydrogen-bond donors (Lipinski definition) is 2. The fraction of sp³-hybridized carbons (Fsp3) is 0.333. The number of rotatable bonds is 3. The highest BCUT2D eigenvalue weighted by atomic mass is 32.2. The number of fused-ring (bicyclic) bond motifs is 2. The van der Waals surface area contributed by atoms with Gasteiger partial charge in [-0.15, -0.1) is 11.8 Å². The third-order valence-electron chi connectivity index (χ3n) is 5.08. The molecule has 1 fully saturated rings. The zero-order valence-electron chi connectivity index (χ0n) is 16.7. The van der Waals surface area contributed by atoms with Crippen molar-refractivity contribution in [3.8, 4) is 11.5 Å². The van der Waals surface area contributed by atoms with Crippen LogP contribution in [0.4, 0.5) is 16.2 Å². The summed E-state index contributed by atoms with van der Waals surface area (Å²) in [5.41, 5.74) is 2.07. The van der Waals surface area contributed by atoms with Crippen molar-refractivity contribution in [2.24, 2.45) is 0 Å². The maximum Gasteiger partial charge on any atom is 0.323 e. The monoisotopic (exact) mass is 413 g/mol. The number of ether oxygens (including phenoxy) is 2. The van der Waals surface area contributed by atoms with Crippen LogP contribution in [0, 0.1) is 0 Å². The lowest BCUT2D eigenvalue weighted by Crippen LogP contribution is -2.49. The van der Waals surface area contributed by atoms with E-state index in [1.165, 1.54) is 11.8 Å². The summed E-state index contributed by atoms with van der Waals surface area (Å²) >= 11 is 1.48. The molecule has 3 amide bonds. The molecule has 4 rings (SSSR count). The van der Waals surface area contributed by atoms with E-state index in [4.69, 9.17) is 9.47 Å². The van der Waals surface area contributed by atoms with Gasteiger partial charge in [-0.05, 0) is 56.3 Å². The van der Waals surface area contributed by atoms with Crippen LogP contribution in [0.1, 0.15) is 19.4 Å². The first-order valence-electron chi connectivity index (χ1n) is 9.22. The van der Waals surface area contributed by atoms with Gasteiger partial charge in [-0.2, -0.15) is 0 Å². The Morgan fingerprint density at radius 2 is 1.76 bits per heavy atom. The number of urea groups is 1. The number of hydrogen-bond acceptors (Lipinski definition) is 5. The minimum Gasteiger partial charge on any atom is -0.497 e. The number of methoxy groups -OCH3 is 2. The maximum atomic E-state index is 13.3. The van der Waals surface area contributed by atoms with Gasteiger partial charge in [-0.1, -0.05) is 0 Å². The summed E-state index contributed by atoms with van der Waals surface area (Å²) in [6.07, 6.45) is 0. The standard InChI is InChI=1S/C21H23N3O4S/c1-20(2)12-24(19(26)22-13-5-7-14(27-3)8-6-13)21(29-20)16-11-15(28-4)9-10-17(16)23-18(21)25/h5-11H,12H2,1-4H3,(H,22,26)(H,23,25)/t21-/m1/s1. The van der Waals surface area contributed by atoms with Crippen LogP contribution in [0.3, 0.4) is 0 Å². The number of carbonyl (C=O) groups excluding carboxylic acids is 2. The van der Waals surface area contributed by atoms with Gasteiger partial charge in [0.1, 0.15) is 11.5 Å². The van der Waals surface area contributed by atoms with E-state index in [0.717, 1.165) is 5.56 Å². The molecule has 152 valence electrons. The number of amides is 3. The summed E-state index contributed by atoms with van der Waals surface area (Å²) in [5.74, 6) is 1.12. The number of nitrogens with zero attached hydrogens (tertiary/aromatic N) is 1. The van der Waals surface area contributed by atoms with Gasteiger partial charge in [0.15, 0.2) is 4.87 Å². The normalized spacial score (nSPS) is 21.7. The largest absolute Gasteiger partial charge is 0.497 e. The van der Waals surface area contributed by atoms with Crippen LogP contribution in [0.15, 0.2) is 42.5 Å². The first-order chi connectivity index (χ1) is 13.8. The van der Waals surface area contributed by atoms with Crippen molar-refractivity contribution in [1.82, 2.24) is 4.90 Å². The van der Waals surface area contributed by atoms with Crippen molar-refractivity contribution in [2.45, 2.75) is 23.5 Å². The molecular weight excluding hydrogens is 390 g/mol. The van der Waals surface area contributed by atoms with Gasteiger partial charge in [0.2, 0.25) is 0 Å². The number of benzene rings is 2. The molecule has 0 aromatic heterocycles. The molecule has 8 heteroatoms. The predicted molar refractivity (Wildman–Crippen MR) is 114 cm³/mol. The zero-order chi connectivity index (χ0) is 20.8. The molecule has 1 saturated heterocycles. The fourth-order valence-corrected chi connectivity index (χ4v) is 5.47. The SMILES string of the molecule is COc1ccc(NC(=O)N2CC(C)(C)S[C@]23C(=O)Nc2ccc(OC)cc23)cc1. The van der Waals surface area contributed by atoms with Crippen LogP contribution in [0.2, 0.25) is 0 Å². The van der Waals surface area contributed by atoms with E-state index < -0.39 is 4.87 Å². The molecule has 2 heterocycles. The van der Waals surface area contributed by atoms with E-state index in [-0.39, 0.29) is 16.7 Å². The van der Waals surface area contributed by atoms with E-state index >= 15 is 0 Å². The van der Waals surface area contributed by atoms with Crippen LogP contribution in [0.25, 0.3) is 0 Å². The molecule has 2 aliphatic rings. The first kappa shape index (κ1) is 19.4. The topological polar surface area (TPSA) is 79.9 Å². The van der Waals surface area contributed by atoms with Crippen molar-refractivity contribution in [3.63, 3.8) is 0 Å². The van der Waals surface area contributed by atoms with Gasteiger partial charge in [0, 0.05) is 28.2 Å². The minimum absolute atomic E-state index is 0.221. The van der Waals surface area contributed by atoms with Gasteiger partial charge in [-0.3, -0.25) is 9.69 Å². The Hall–Kier alpha value is -2.87. The Labute approximate surface area is 173 Å². The second-order valence-corrected chi connectivity index (χ2v) is 9.52. The van der Waals surface area contributed by atoms with E-state index in [2.05, 4.69) is 10.6 Å². The number of thioether (sulfide) groups is 1. The lowest BCUT2D eigenvalue weighted by Gasteiger charge is -2.32. The Bertz CT molecular complexity index is 976. The predicted octanol–water partition coefficient (Wildman–Crippen LogP) is 3.87. The summed E-state index contributed by atoms with van der Waals surface area (Å²) in [6.45, 7) is 4.49. The second-order valence-electron chi connectivity index (χ2n) is 7.62. The molecule has 2 aromatic carbocycles. The first-order valence-corrected chi connectivity index (χ1v) is 10.0. The van der Waals surface area contributed by atoms with Crippen LogP contribution in [-0.4, -0.2) is 42.3 Å².